The fourth-order valence-corrected chi connectivity index (χ4v) is 1.30. The lowest BCUT2D eigenvalue weighted by Crippen LogP contribution is -2.58. The summed E-state index contributed by atoms with van der Waals surface area (Å²) >= 11 is 0. The fourth-order valence-electron chi connectivity index (χ4n) is 1.30. The summed E-state index contributed by atoms with van der Waals surface area (Å²) in [6.45, 7) is 0.725. The number of rotatable bonds is 4. The molecule has 1 aliphatic rings. The van der Waals surface area contributed by atoms with Gasteiger partial charge in [0.1, 0.15) is 6.04 Å². The van der Waals surface area contributed by atoms with Crippen LogP contribution in [0.25, 0.3) is 0 Å². The van der Waals surface area contributed by atoms with Gasteiger partial charge in [0.2, 0.25) is 17.7 Å². The van der Waals surface area contributed by atoms with E-state index in [4.69, 9.17) is 0 Å². The van der Waals surface area contributed by atoms with E-state index in [1.165, 1.54) is 0 Å². The lowest BCUT2D eigenvalue weighted by molar-refractivity contribution is -0.126. The average molecular weight is 228 g/mol. The van der Waals surface area contributed by atoms with Crippen LogP contribution in [-0.2, 0) is 14.4 Å². The number of carbonyl (C=O) groups is 3. The molecule has 1 saturated heterocycles. The topological polar surface area (TPSA) is 99.3 Å². The maximum absolute atomic E-state index is 11.5. The van der Waals surface area contributed by atoms with Gasteiger partial charge in [0.05, 0.1) is 6.54 Å². The molecule has 0 spiro atoms. The molecule has 0 aliphatic carbocycles. The number of hydrogen-bond donors (Lipinski definition) is 4. The van der Waals surface area contributed by atoms with Crippen LogP contribution in [0.4, 0.5) is 0 Å². The molecule has 0 aromatic rings. The zero-order chi connectivity index (χ0) is 12.0. The van der Waals surface area contributed by atoms with Gasteiger partial charge in [-0.3, -0.25) is 19.7 Å². The Morgan fingerprint density at radius 2 is 2.25 bits per heavy atom. The molecule has 1 fully saturated rings. The molecule has 4 N–H and O–H groups in total. The van der Waals surface area contributed by atoms with Gasteiger partial charge in [-0.05, 0) is 0 Å². The quantitative estimate of drug-likeness (QED) is 0.421. The average Bonchev–Trinajstić information content (AvgIpc) is 2.29. The molecule has 1 unspecified atom stereocenters. The van der Waals surface area contributed by atoms with Gasteiger partial charge in [-0.15, -0.1) is 0 Å². The van der Waals surface area contributed by atoms with Gasteiger partial charge < -0.3 is 16.0 Å². The third-order valence-corrected chi connectivity index (χ3v) is 2.26. The zero-order valence-electron chi connectivity index (χ0n) is 9.13. The van der Waals surface area contributed by atoms with E-state index in [1.54, 1.807) is 7.05 Å². The number of hydrogen-bond acceptors (Lipinski definition) is 4. The maximum Gasteiger partial charge on any atom is 0.238 e. The molecule has 3 amide bonds. The predicted molar refractivity (Wildman–Crippen MR) is 56.5 cm³/mol. The van der Waals surface area contributed by atoms with Crippen molar-refractivity contribution >= 4 is 17.7 Å². The van der Waals surface area contributed by atoms with E-state index in [0.29, 0.717) is 6.54 Å². The van der Waals surface area contributed by atoms with Crippen LogP contribution in [0.1, 0.15) is 6.42 Å². The lowest BCUT2D eigenvalue weighted by Gasteiger charge is -2.23. The first-order valence-corrected chi connectivity index (χ1v) is 5.12. The van der Waals surface area contributed by atoms with Crippen molar-refractivity contribution in [1.29, 1.82) is 0 Å². The summed E-state index contributed by atoms with van der Waals surface area (Å²) in [5.41, 5.74) is 0. The van der Waals surface area contributed by atoms with Crippen LogP contribution in [0.5, 0.6) is 0 Å². The Bertz CT molecular complexity index is 282. The molecule has 0 bridgehead atoms. The van der Waals surface area contributed by atoms with Gasteiger partial charge in [-0.1, -0.05) is 0 Å². The van der Waals surface area contributed by atoms with Crippen molar-refractivity contribution in [3.05, 3.63) is 0 Å². The molecule has 1 aliphatic heterocycles. The molecule has 16 heavy (non-hydrogen) atoms. The summed E-state index contributed by atoms with van der Waals surface area (Å²) in [4.78, 5) is 33.2. The molecule has 1 atom stereocenters. The molecule has 0 radical (unpaired) electrons. The minimum absolute atomic E-state index is 0.116. The van der Waals surface area contributed by atoms with E-state index in [-0.39, 0.29) is 37.2 Å². The highest BCUT2D eigenvalue weighted by Crippen LogP contribution is 1.88. The van der Waals surface area contributed by atoms with E-state index in [0.717, 1.165) is 0 Å². The first-order valence-electron chi connectivity index (χ1n) is 5.12. The Balaban J connectivity index is 2.20. The Labute approximate surface area is 93.3 Å². The molecule has 1 rings (SSSR count). The Kier molecular flexibility index (Phi) is 4.71. The lowest BCUT2D eigenvalue weighted by atomic mass is 10.2. The van der Waals surface area contributed by atoms with Gasteiger partial charge in [0.25, 0.3) is 0 Å². The third-order valence-electron chi connectivity index (χ3n) is 2.26. The maximum atomic E-state index is 11.5. The Morgan fingerprint density at radius 1 is 1.50 bits per heavy atom. The van der Waals surface area contributed by atoms with Crippen LogP contribution in [0.2, 0.25) is 0 Å². The van der Waals surface area contributed by atoms with Gasteiger partial charge in [0, 0.05) is 26.6 Å². The van der Waals surface area contributed by atoms with Crippen LogP contribution in [0.3, 0.4) is 0 Å². The van der Waals surface area contributed by atoms with Crippen LogP contribution >= 0.6 is 0 Å². The molecule has 0 saturated carbocycles. The van der Waals surface area contributed by atoms with Crippen molar-refractivity contribution in [2.75, 3.05) is 26.7 Å². The monoisotopic (exact) mass is 228 g/mol. The molecule has 90 valence electrons. The first kappa shape index (κ1) is 12.4. The summed E-state index contributed by atoms with van der Waals surface area (Å²) < 4.78 is 0. The zero-order valence-corrected chi connectivity index (χ0v) is 9.13. The third kappa shape index (κ3) is 3.85. The number of amides is 3. The summed E-state index contributed by atoms with van der Waals surface area (Å²) in [6.07, 6.45) is 0.251. The highest BCUT2D eigenvalue weighted by molar-refractivity contribution is 5.87. The molecular weight excluding hydrogens is 212 g/mol. The van der Waals surface area contributed by atoms with Crippen LogP contribution in [0.15, 0.2) is 0 Å². The van der Waals surface area contributed by atoms with E-state index in [9.17, 15) is 14.4 Å². The predicted octanol–water partition coefficient (Wildman–Crippen LogP) is -2.67. The second-order valence-corrected chi connectivity index (χ2v) is 3.45. The Hall–Kier alpha value is -1.63. The molecule has 7 nitrogen and oxygen atoms in total. The van der Waals surface area contributed by atoms with E-state index in [2.05, 4.69) is 21.3 Å². The SMILES string of the molecule is CNC(=O)CCNC(=O)C1CNC(=O)CN1. The van der Waals surface area contributed by atoms with Crippen molar-refractivity contribution in [2.24, 2.45) is 0 Å². The van der Waals surface area contributed by atoms with Gasteiger partial charge in [0.15, 0.2) is 0 Å². The number of carbonyl (C=O) groups excluding carboxylic acids is 3. The molecule has 7 heteroatoms. The number of piperazine rings is 1. The summed E-state index contributed by atoms with van der Waals surface area (Å²) in [6, 6.07) is -0.414. The van der Waals surface area contributed by atoms with E-state index < -0.39 is 6.04 Å². The van der Waals surface area contributed by atoms with Crippen LogP contribution in [-0.4, -0.2) is 50.4 Å². The fraction of sp³-hybridized carbons (Fsp3) is 0.667. The van der Waals surface area contributed by atoms with Crippen molar-refractivity contribution in [3.8, 4) is 0 Å². The standard InChI is InChI=1S/C9H16N4O3/c1-10-7(14)2-3-11-9(16)6-4-13-8(15)5-12-6/h6,12H,2-5H2,1H3,(H,10,14)(H,11,16)(H,13,15). The van der Waals surface area contributed by atoms with Crippen LogP contribution in [0, 0.1) is 0 Å². The number of nitrogens with one attached hydrogen (secondary N) is 4. The Morgan fingerprint density at radius 3 is 2.81 bits per heavy atom. The summed E-state index contributed by atoms with van der Waals surface area (Å²) in [5, 5.41) is 10.5. The molecule has 0 aromatic carbocycles. The van der Waals surface area contributed by atoms with E-state index >= 15 is 0 Å². The highest BCUT2D eigenvalue weighted by Gasteiger charge is 2.23. The molecule has 0 aromatic heterocycles. The van der Waals surface area contributed by atoms with E-state index in [1.807, 2.05) is 0 Å². The molecular formula is C9H16N4O3. The van der Waals surface area contributed by atoms with Crippen molar-refractivity contribution < 1.29 is 14.4 Å². The van der Waals surface area contributed by atoms with Gasteiger partial charge in [-0.2, -0.15) is 0 Å². The highest BCUT2D eigenvalue weighted by atomic mass is 16.2. The smallest absolute Gasteiger partial charge is 0.238 e. The minimum atomic E-state index is -0.414. The molecule has 1 heterocycles. The normalized spacial score (nSPS) is 19.8. The van der Waals surface area contributed by atoms with Crippen molar-refractivity contribution in [3.63, 3.8) is 0 Å². The van der Waals surface area contributed by atoms with Crippen LogP contribution < -0.4 is 21.3 Å². The second kappa shape index (κ2) is 6.06. The first-order chi connectivity index (χ1) is 7.63. The van der Waals surface area contributed by atoms with Crippen molar-refractivity contribution in [1.82, 2.24) is 21.3 Å². The van der Waals surface area contributed by atoms with Crippen molar-refractivity contribution in [2.45, 2.75) is 12.5 Å². The summed E-state index contributed by atoms with van der Waals surface area (Å²) in [7, 11) is 1.54. The second-order valence-electron chi connectivity index (χ2n) is 3.45. The summed E-state index contributed by atoms with van der Waals surface area (Å²) in [5.74, 6) is -0.441. The minimum Gasteiger partial charge on any atom is -0.359 e. The van der Waals surface area contributed by atoms with Gasteiger partial charge in [-0.25, -0.2) is 0 Å². The largest absolute Gasteiger partial charge is 0.359 e. The van der Waals surface area contributed by atoms with Gasteiger partial charge >= 0.3 is 0 Å².